The lowest BCUT2D eigenvalue weighted by molar-refractivity contribution is 0.0909. The van der Waals surface area contributed by atoms with Gasteiger partial charge in [0.05, 0.1) is 23.6 Å². The van der Waals surface area contributed by atoms with E-state index in [-0.39, 0.29) is 35.1 Å². The van der Waals surface area contributed by atoms with Crippen LogP contribution in [0.25, 0.3) is 22.3 Å². The molecule has 3 aromatic rings. The van der Waals surface area contributed by atoms with Crippen molar-refractivity contribution < 1.29 is 14.3 Å². The molecular weight excluding hydrogens is 354 g/mol. The van der Waals surface area contributed by atoms with Gasteiger partial charge in [-0.2, -0.15) is 0 Å². The first-order valence-electron chi connectivity index (χ1n) is 9.46. The van der Waals surface area contributed by atoms with Crippen molar-refractivity contribution in [3.63, 3.8) is 0 Å². The molecule has 2 aromatic carbocycles. The predicted octanol–water partition coefficient (Wildman–Crippen LogP) is 3.91. The van der Waals surface area contributed by atoms with Gasteiger partial charge in [-0.1, -0.05) is 50.2 Å². The predicted molar refractivity (Wildman–Crippen MR) is 110 cm³/mol. The number of para-hydroxylation sites is 1. The Bertz CT molecular complexity index is 1040. The number of aliphatic hydroxyl groups is 1. The van der Waals surface area contributed by atoms with E-state index in [9.17, 15) is 14.7 Å². The van der Waals surface area contributed by atoms with E-state index in [1.165, 1.54) is 0 Å². The van der Waals surface area contributed by atoms with Crippen molar-refractivity contribution in [1.82, 2.24) is 5.32 Å². The number of carbonyl (C=O) groups excluding carboxylic acids is 1. The van der Waals surface area contributed by atoms with Crippen molar-refractivity contribution in [2.24, 2.45) is 5.92 Å². The quantitative estimate of drug-likeness (QED) is 0.681. The van der Waals surface area contributed by atoms with Gasteiger partial charge in [-0.25, -0.2) is 0 Å². The summed E-state index contributed by atoms with van der Waals surface area (Å²) in [5.41, 5.74) is 1.67. The van der Waals surface area contributed by atoms with Gasteiger partial charge in [0.25, 0.3) is 5.91 Å². The zero-order valence-corrected chi connectivity index (χ0v) is 16.4. The van der Waals surface area contributed by atoms with Crippen LogP contribution < -0.4 is 10.7 Å². The molecule has 1 amide bonds. The molecule has 28 heavy (non-hydrogen) atoms. The number of hydrogen-bond donors (Lipinski definition) is 2. The number of benzene rings is 2. The third kappa shape index (κ3) is 3.99. The lowest BCUT2D eigenvalue weighted by Gasteiger charge is -2.18. The average molecular weight is 379 g/mol. The van der Waals surface area contributed by atoms with Crippen LogP contribution in [-0.4, -0.2) is 23.7 Å². The average Bonchev–Trinajstić information content (AvgIpc) is 2.69. The molecule has 0 saturated carbocycles. The summed E-state index contributed by atoms with van der Waals surface area (Å²) >= 11 is 0. The Morgan fingerprint density at radius 3 is 2.46 bits per heavy atom. The highest BCUT2D eigenvalue weighted by molar-refractivity contribution is 6.05. The van der Waals surface area contributed by atoms with Crippen LogP contribution in [0.1, 0.15) is 36.2 Å². The van der Waals surface area contributed by atoms with Crippen molar-refractivity contribution >= 4 is 16.9 Å². The van der Waals surface area contributed by atoms with Crippen LogP contribution in [0, 0.1) is 12.8 Å². The van der Waals surface area contributed by atoms with E-state index in [2.05, 4.69) is 5.32 Å². The van der Waals surface area contributed by atoms with Crippen molar-refractivity contribution in [1.29, 1.82) is 0 Å². The summed E-state index contributed by atoms with van der Waals surface area (Å²) < 4.78 is 6.08. The number of nitrogens with one attached hydrogen (secondary N) is 1. The highest BCUT2D eigenvalue weighted by Crippen LogP contribution is 2.27. The normalized spacial score (nSPS) is 12.3. The van der Waals surface area contributed by atoms with Crippen LogP contribution in [0.5, 0.6) is 0 Å². The molecule has 5 nitrogen and oxygen atoms in total. The molecule has 0 aliphatic carbocycles. The maximum Gasteiger partial charge on any atom is 0.255 e. The topological polar surface area (TPSA) is 79.5 Å². The first-order valence-corrected chi connectivity index (χ1v) is 9.46. The second kappa shape index (κ2) is 8.40. The Morgan fingerprint density at radius 2 is 1.82 bits per heavy atom. The molecule has 146 valence electrons. The van der Waals surface area contributed by atoms with E-state index >= 15 is 0 Å². The SMILES string of the molecule is Cc1c(-c2ccccc2)oc2c(C(=O)N[C@H](CO)CC(C)C)cccc2c1=O. The number of aliphatic hydroxyl groups excluding tert-OH is 1. The van der Waals surface area contributed by atoms with Gasteiger partial charge in [0.1, 0.15) is 5.76 Å². The summed E-state index contributed by atoms with van der Waals surface area (Å²) in [4.78, 5) is 25.8. The summed E-state index contributed by atoms with van der Waals surface area (Å²) in [6.45, 7) is 5.64. The summed E-state index contributed by atoms with van der Waals surface area (Å²) in [6, 6.07) is 14.0. The highest BCUT2D eigenvalue weighted by Gasteiger charge is 2.20. The van der Waals surface area contributed by atoms with E-state index in [4.69, 9.17) is 4.42 Å². The second-order valence-electron chi connectivity index (χ2n) is 7.42. The number of rotatable bonds is 6. The van der Waals surface area contributed by atoms with Crippen molar-refractivity contribution in [2.45, 2.75) is 33.2 Å². The van der Waals surface area contributed by atoms with Gasteiger partial charge < -0.3 is 14.8 Å². The van der Waals surface area contributed by atoms with Crippen LogP contribution in [0.4, 0.5) is 0 Å². The number of carbonyl (C=O) groups is 1. The van der Waals surface area contributed by atoms with Gasteiger partial charge >= 0.3 is 0 Å². The van der Waals surface area contributed by atoms with Crippen LogP contribution in [-0.2, 0) is 0 Å². The monoisotopic (exact) mass is 379 g/mol. The number of hydrogen-bond acceptors (Lipinski definition) is 4. The molecule has 0 spiro atoms. The Morgan fingerprint density at radius 1 is 1.11 bits per heavy atom. The first-order chi connectivity index (χ1) is 13.4. The third-order valence-corrected chi connectivity index (χ3v) is 4.74. The minimum absolute atomic E-state index is 0.146. The smallest absolute Gasteiger partial charge is 0.255 e. The fraction of sp³-hybridized carbons (Fsp3) is 0.304. The zero-order valence-electron chi connectivity index (χ0n) is 16.4. The highest BCUT2D eigenvalue weighted by atomic mass is 16.3. The van der Waals surface area contributed by atoms with Gasteiger partial charge in [-0.3, -0.25) is 9.59 Å². The van der Waals surface area contributed by atoms with E-state index in [1.807, 2.05) is 44.2 Å². The minimum atomic E-state index is -0.365. The van der Waals surface area contributed by atoms with Crippen LogP contribution >= 0.6 is 0 Å². The molecule has 0 unspecified atom stereocenters. The Kier molecular flexibility index (Phi) is 5.95. The van der Waals surface area contributed by atoms with E-state index in [0.717, 1.165) is 5.56 Å². The summed E-state index contributed by atoms with van der Waals surface area (Å²) in [5.74, 6) is 0.422. The molecule has 1 heterocycles. The van der Waals surface area contributed by atoms with Crippen molar-refractivity contribution in [2.75, 3.05) is 6.61 Å². The van der Waals surface area contributed by atoms with Gasteiger partial charge in [0, 0.05) is 11.1 Å². The maximum atomic E-state index is 12.9. The molecule has 0 bridgehead atoms. The molecule has 0 aliphatic rings. The Balaban J connectivity index is 2.10. The van der Waals surface area contributed by atoms with Gasteiger partial charge in [-0.15, -0.1) is 0 Å². The summed E-state index contributed by atoms with van der Waals surface area (Å²) in [5, 5.41) is 12.8. The van der Waals surface area contributed by atoms with Gasteiger partial charge in [0.15, 0.2) is 11.0 Å². The molecule has 2 N–H and O–H groups in total. The third-order valence-electron chi connectivity index (χ3n) is 4.74. The standard InChI is InChI=1S/C23H25NO4/c1-14(2)12-17(13-25)24-23(27)19-11-7-10-18-20(26)15(3)21(28-22(18)19)16-8-5-4-6-9-16/h4-11,14,17,25H,12-13H2,1-3H3,(H,24,27)/t17-/m0/s1. The van der Waals surface area contributed by atoms with E-state index in [0.29, 0.717) is 29.0 Å². The number of fused-ring (bicyclic) bond motifs is 1. The molecular formula is C23H25NO4. The molecule has 0 radical (unpaired) electrons. The molecule has 5 heteroatoms. The lowest BCUT2D eigenvalue weighted by atomic mass is 10.0. The van der Waals surface area contributed by atoms with Crippen LogP contribution in [0.2, 0.25) is 0 Å². The lowest BCUT2D eigenvalue weighted by Crippen LogP contribution is -2.38. The first kappa shape index (κ1) is 19.8. The largest absolute Gasteiger partial charge is 0.455 e. The molecule has 0 fully saturated rings. The molecule has 0 aliphatic heterocycles. The summed E-state index contributed by atoms with van der Waals surface area (Å²) in [6.07, 6.45) is 0.658. The maximum absolute atomic E-state index is 12.9. The van der Waals surface area contributed by atoms with E-state index in [1.54, 1.807) is 25.1 Å². The molecule has 1 aromatic heterocycles. The number of amides is 1. The zero-order chi connectivity index (χ0) is 20.3. The van der Waals surface area contributed by atoms with Crippen LogP contribution in [0.15, 0.2) is 57.7 Å². The summed E-state index contributed by atoms with van der Waals surface area (Å²) in [7, 11) is 0. The van der Waals surface area contributed by atoms with Crippen molar-refractivity contribution in [3.8, 4) is 11.3 Å². The fourth-order valence-corrected chi connectivity index (χ4v) is 3.36. The van der Waals surface area contributed by atoms with Crippen molar-refractivity contribution in [3.05, 3.63) is 69.9 Å². The van der Waals surface area contributed by atoms with E-state index < -0.39 is 0 Å². The Hall–Kier alpha value is -2.92. The van der Waals surface area contributed by atoms with Gasteiger partial charge in [0.2, 0.25) is 0 Å². The molecule has 0 saturated heterocycles. The Labute approximate surface area is 164 Å². The van der Waals surface area contributed by atoms with Crippen LogP contribution in [0.3, 0.4) is 0 Å². The molecule has 1 atom stereocenters. The minimum Gasteiger partial charge on any atom is -0.455 e. The second-order valence-corrected chi connectivity index (χ2v) is 7.42. The molecule has 3 rings (SSSR count). The fourth-order valence-electron chi connectivity index (χ4n) is 3.36. The van der Waals surface area contributed by atoms with Gasteiger partial charge in [-0.05, 0) is 31.4 Å².